The fourth-order valence-corrected chi connectivity index (χ4v) is 0. The molecule has 26 valence electrons. The van der Waals surface area contributed by atoms with Gasteiger partial charge in [-0.15, -0.1) is 0 Å². The molecule has 0 aliphatic heterocycles. The average molecular weight is 102 g/mol. The molecule has 0 radical (unpaired) electrons. The van der Waals surface area contributed by atoms with Crippen LogP contribution in [0, 0.1) is 0 Å². The standard InChI is InChI=1S/Na.H2O3Si.H/c;1-4(2)3;/h;1-2H;. The van der Waals surface area contributed by atoms with Crippen molar-refractivity contribution in [1.82, 2.24) is 0 Å². The van der Waals surface area contributed by atoms with E-state index in [1.165, 1.54) is 0 Å². The molecule has 0 aromatic heterocycles. The van der Waals surface area contributed by atoms with Crippen LogP contribution in [0.1, 0.15) is 0 Å². The molecule has 0 heterocycles. The van der Waals surface area contributed by atoms with Gasteiger partial charge in [0.1, 0.15) is 0 Å². The van der Waals surface area contributed by atoms with Crippen LogP contribution in [0.3, 0.4) is 0 Å². The average Bonchev–Trinajstić information content (AvgIpc) is 0.811. The second-order valence-corrected chi connectivity index (χ2v) is 0.848. The van der Waals surface area contributed by atoms with Crippen LogP contribution in [0.2, 0.25) is 0 Å². The molecule has 0 rings (SSSR count). The molecule has 0 amide bonds. The Balaban J connectivity index is 0. The zero-order valence-electron chi connectivity index (χ0n) is 1.80. The van der Waals surface area contributed by atoms with Gasteiger partial charge in [0.15, 0.2) is 0 Å². The maximum atomic E-state index is 8.74. The Labute approximate surface area is 52.8 Å². The molecule has 0 saturated heterocycles. The quantitative estimate of drug-likeness (QED) is 0.339. The Hall–Kier alpha value is 0.617. The van der Waals surface area contributed by atoms with E-state index < -0.39 is 9.17 Å². The molecule has 0 saturated carbocycles. The van der Waals surface area contributed by atoms with E-state index in [1.807, 2.05) is 0 Å². The van der Waals surface area contributed by atoms with Crippen LogP contribution < -0.4 is 0 Å². The SMILES string of the molecule is O=[Si](O)O.[NaH]. The van der Waals surface area contributed by atoms with Gasteiger partial charge < -0.3 is 9.59 Å². The van der Waals surface area contributed by atoms with Gasteiger partial charge in [0, 0.05) is 0 Å². The van der Waals surface area contributed by atoms with Gasteiger partial charge in [-0.1, -0.05) is 0 Å². The molecule has 5 heavy (non-hydrogen) atoms. The molecule has 0 aliphatic carbocycles. The van der Waals surface area contributed by atoms with Gasteiger partial charge in [-0.25, -0.2) is 0 Å². The van der Waals surface area contributed by atoms with Gasteiger partial charge in [-0.05, 0) is 0 Å². The zero-order valence-corrected chi connectivity index (χ0v) is 2.80. The van der Waals surface area contributed by atoms with E-state index in [1.54, 1.807) is 0 Å². The van der Waals surface area contributed by atoms with Crippen molar-refractivity contribution in [2.24, 2.45) is 0 Å². The normalized spacial score (nSPS) is 4.80. The summed E-state index contributed by atoms with van der Waals surface area (Å²) < 4.78 is 8.74. The minimum atomic E-state index is -3.13. The molecule has 0 spiro atoms. The molecule has 0 atom stereocenters. The summed E-state index contributed by atoms with van der Waals surface area (Å²) in [7, 11) is -3.13. The van der Waals surface area contributed by atoms with Gasteiger partial charge in [0.25, 0.3) is 0 Å². The van der Waals surface area contributed by atoms with Crippen molar-refractivity contribution in [3.8, 4) is 0 Å². The van der Waals surface area contributed by atoms with E-state index in [2.05, 4.69) is 0 Å². The van der Waals surface area contributed by atoms with Gasteiger partial charge in [0.05, 0.1) is 0 Å². The van der Waals surface area contributed by atoms with Crippen molar-refractivity contribution in [2.45, 2.75) is 0 Å². The summed E-state index contributed by atoms with van der Waals surface area (Å²) in [6.45, 7) is 0. The molecular weight excluding hydrogens is 99.1 g/mol. The Morgan fingerprint density at radius 3 is 1.40 bits per heavy atom. The molecule has 0 aromatic rings. The van der Waals surface area contributed by atoms with Gasteiger partial charge in [-0.2, -0.15) is 0 Å². The summed E-state index contributed by atoms with van der Waals surface area (Å²) in [5.74, 6) is 0. The first-order valence-electron chi connectivity index (χ1n) is 0.651. The Kier molecular flexibility index (Phi) is 8.45. The van der Waals surface area contributed by atoms with Gasteiger partial charge in [0.2, 0.25) is 0 Å². The summed E-state index contributed by atoms with van der Waals surface area (Å²) in [5, 5.41) is 0. The summed E-state index contributed by atoms with van der Waals surface area (Å²) in [6.07, 6.45) is 0. The van der Waals surface area contributed by atoms with Crippen molar-refractivity contribution in [3.63, 3.8) is 0 Å². The summed E-state index contributed by atoms with van der Waals surface area (Å²) in [4.78, 5) is 14.3. The molecular formula is H3NaO3Si. The molecule has 2 N–H and O–H groups in total. The molecule has 5 heteroatoms. The summed E-state index contributed by atoms with van der Waals surface area (Å²) in [5.41, 5.74) is 0. The Morgan fingerprint density at radius 2 is 1.40 bits per heavy atom. The predicted molar refractivity (Wildman–Crippen MR) is 18.0 cm³/mol. The van der Waals surface area contributed by atoms with Crippen LogP contribution in [-0.2, 0) is 4.46 Å². The van der Waals surface area contributed by atoms with Crippen molar-refractivity contribution in [1.29, 1.82) is 0 Å². The minimum absolute atomic E-state index is 0. The molecule has 0 bridgehead atoms. The van der Waals surface area contributed by atoms with Gasteiger partial charge >= 0.3 is 38.7 Å². The zero-order chi connectivity index (χ0) is 3.58. The van der Waals surface area contributed by atoms with Crippen LogP contribution >= 0.6 is 0 Å². The first-order valence-corrected chi connectivity index (χ1v) is 1.95. The van der Waals surface area contributed by atoms with E-state index in [4.69, 9.17) is 14.1 Å². The van der Waals surface area contributed by atoms with Crippen LogP contribution in [0.5, 0.6) is 0 Å². The predicted octanol–water partition coefficient (Wildman–Crippen LogP) is -2.26. The second-order valence-electron chi connectivity index (χ2n) is 0.283. The maximum absolute atomic E-state index is 8.74. The van der Waals surface area contributed by atoms with E-state index >= 15 is 0 Å². The van der Waals surface area contributed by atoms with Gasteiger partial charge in [-0.3, -0.25) is 4.46 Å². The Bertz CT molecular complexity index is 29.9. The van der Waals surface area contributed by atoms with Crippen LogP contribution in [0.4, 0.5) is 0 Å². The molecule has 3 nitrogen and oxygen atoms in total. The topological polar surface area (TPSA) is 57.5 Å². The fourth-order valence-electron chi connectivity index (χ4n) is 0. The number of hydrogen-bond donors (Lipinski definition) is 2. The molecule has 0 aromatic carbocycles. The van der Waals surface area contributed by atoms with Crippen molar-refractivity contribution < 1.29 is 14.1 Å². The van der Waals surface area contributed by atoms with Crippen molar-refractivity contribution >= 4 is 38.7 Å². The third-order valence-corrected chi connectivity index (χ3v) is 0. The van der Waals surface area contributed by atoms with E-state index in [9.17, 15) is 0 Å². The fraction of sp³-hybridized carbons (Fsp3) is 0. The van der Waals surface area contributed by atoms with E-state index in [0.717, 1.165) is 0 Å². The first-order chi connectivity index (χ1) is 1.73. The monoisotopic (exact) mass is 102 g/mol. The first kappa shape index (κ1) is 9.15. The molecule has 0 aliphatic rings. The summed E-state index contributed by atoms with van der Waals surface area (Å²) in [6, 6.07) is 0. The Morgan fingerprint density at radius 1 is 1.40 bits per heavy atom. The van der Waals surface area contributed by atoms with Crippen molar-refractivity contribution in [3.05, 3.63) is 0 Å². The van der Waals surface area contributed by atoms with Crippen LogP contribution in [0.15, 0.2) is 0 Å². The van der Waals surface area contributed by atoms with Crippen LogP contribution in [0.25, 0.3) is 0 Å². The summed E-state index contributed by atoms with van der Waals surface area (Å²) >= 11 is 0. The van der Waals surface area contributed by atoms with Crippen molar-refractivity contribution in [2.75, 3.05) is 0 Å². The third-order valence-electron chi connectivity index (χ3n) is 0. The van der Waals surface area contributed by atoms with E-state index in [-0.39, 0.29) is 29.6 Å². The molecule has 0 unspecified atom stereocenters. The van der Waals surface area contributed by atoms with E-state index in [0.29, 0.717) is 0 Å². The number of hydrogen-bond acceptors (Lipinski definition) is 1. The number of rotatable bonds is 0. The third kappa shape index (κ3) is 83.1. The van der Waals surface area contributed by atoms with Crippen LogP contribution in [-0.4, -0.2) is 48.3 Å². The molecule has 0 fully saturated rings. The second kappa shape index (κ2) is 4.62.